The minimum absolute atomic E-state index is 0.0200. The zero-order valence-corrected chi connectivity index (χ0v) is 15.1. The average molecular weight is 405 g/mol. The first-order chi connectivity index (χ1) is 13.2. The van der Waals surface area contributed by atoms with Crippen LogP contribution in [0.25, 0.3) is 0 Å². The van der Waals surface area contributed by atoms with Gasteiger partial charge >= 0.3 is 5.97 Å². The number of hydrogen-bond donors (Lipinski definition) is 2. The van der Waals surface area contributed by atoms with Crippen molar-refractivity contribution in [1.82, 2.24) is 0 Å². The number of nitrogens with zero attached hydrogens (tertiary/aromatic N) is 2. The number of aliphatic carboxylic acids is 1. The van der Waals surface area contributed by atoms with Crippen LogP contribution in [0, 0.1) is 16.0 Å². The number of benzene rings is 2. The number of hydrogen-bond acceptors (Lipinski definition) is 6. The van der Waals surface area contributed by atoms with Crippen LogP contribution in [0.2, 0.25) is 0 Å². The number of amides is 1. The standard InChI is InChI=1S/C17H15N3O7S/c21-16-8-11(17(22)23)10-19(16)13-4-6-15(7-5-13)28(26,27)18-12-2-1-3-14(9-12)20(24)25/h1-7,9,11,18H,8,10H2,(H,22,23)/t11-/m1/s1. The molecule has 0 aliphatic carbocycles. The first-order valence-electron chi connectivity index (χ1n) is 8.08. The molecule has 1 atom stereocenters. The van der Waals surface area contributed by atoms with Crippen molar-refractivity contribution in [1.29, 1.82) is 0 Å². The molecule has 2 N–H and O–H groups in total. The summed E-state index contributed by atoms with van der Waals surface area (Å²) in [4.78, 5) is 34.4. The first-order valence-corrected chi connectivity index (χ1v) is 9.56. The lowest BCUT2D eigenvalue weighted by Crippen LogP contribution is -2.25. The van der Waals surface area contributed by atoms with E-state index in [-0.39, 0.29) is 35.1 Å². The SMILES string of the molecule is O=C(O)[C@@H]1CC(=O)N(c2ccc(S(=O)(=O)Nc3cccc([N+](=O)[O-])c3)cc2)C1. The molecule has 0 radical (unpaired) electrons. The summed E-state index contributed by atoms with van der Waals surface area (Å²) in [5.74, 6) is -2.21. The van der Waals surface area contributed by atoms with Crippen molar-refractivity contribution in [3.63, 3.8) is 0 Å². The van der Waals surface area contributed by atoms with E-state index in [2.05, 4.69) is 4.72 Å². The number of carboxylic acids is 1. The second kappa shape index (κ2) is 7.27. The highest BCUT2D eigenvalue weighted by atomic mass is 32.2. The lowest BCUT2D eigenvalue weighted by Gasteiger charge is -2.16. The largest absolute Gasteiger partial charge is 0.481 e. The van der Waals surface area contributed by atoms with Gasteiger partial charge in [0.1, 0.15) is 0 Å². The summed E-state index contributed by atoms with van der Waals surface area (Å²) < 4.78 is 27.2. The fourth-order valence-electron chi connectivity index (χ4n) is 2.82. The zero-order valence-electron chi connectivity index (χ0n) is 14.3. The average Bonchev–Trinajstić information content (AvgIpc) is 3.04. The third-order valence-electron chi connectivity index (χ3n) is 4.24. The first kappa shape index (κ1) is 19.3. The summed E-state index contributed by atoms with van der Waals surface area (Å²) in [6.07, 6.45) is -0.107. The molecule has 0 saturated carbocycles. The van der Waals surface area contributed by atoms with Gasteiger partial charge in [-0.25, -0.2) is 8.42 Å². The molecule has 2 aromatic carbocycles. The molecule has 11 heteroatoms. The number of nitro groups is 1. The van der Waals surface area contributed by atoms with E-state index in [0.717, 1.165) is 6.07 Å². The van der Waals surface area contributed by atoms with Gasteiger partial charge in [-0.1, -0.05) is 6.07 Å². The lowest BCUT2D eigenvalue weighted by molar-refractivity contribution is -0.384. The van der Waals surface area contributed by atoms with Gasteiger partial charge in [0.05, 0.1) is 21.4 Å². The molecule has 2 aromatic rings. The predicted octanol–water partition coefficient (Wildman–Crippen LogP) is 1.83. The second-order valence-corrected chi connectivity index (χ2v) is 7.83. The topological polar surface area (TPSA) is 147 Å². The van der Waals surface area contributed by atoms with Crippen LogP contribution in [-0.4, -0.2) is 36.9 Å². The van der Waals surface area contributed by atoms with Gasteiger partial charge in [0.15, 0.2) is 0 Å². The van der Waals surface area contributed by atoms with Gasteiger partial charge in [0, 0.05) is 30.8 Å². The molecule has 1 aliphatic rings. The van der Waals surface area contributed by atoms with E-state index in [0.29, 0.717) is 5.69 Å². The summed E-state index contributed by atoms with van der Waals surface area (Å²) in [7, 11) is -4.00. The van der Waals surface area contributed by atoms with Gasteiger partial charge in [-0.2, -0.15) is 0 Å². The summed E-state index contributed by atoms with van der Waals surface area (Å²) in [6, 6.07) is 10.4. The number of rotatable bonds is 6. The maximum atomic E-state index is 12.5. The monoisotopic (exact) mass is 405 g/mol. The number of anilines is 2. The number of nitrogens with one attached hydrogen (secondary N) is 1. The van der Waals surface area contributed by atoms with Gasteiger partial charge in [-0.05, 0) is 30.3 Å². The minimum Gasteiger partial charge on any atom is -0.481 e. The Labute approximate surface area is 159 Å². The van der Waals surface area contributed by atoms with Crippen molar-refractivity contribution in [2.75, 3.05) is 16.2 Å². The van der Waals surface area contributed by atoms with Crippen molar-refractivity contribution < 1.29 is 28.0 Å². The van der Waals surface area contributed by atoms with E-state index in [1.807, 2.05) is 0 Å². The Hall–Kier alpha value is -3.47. The van der Waals surface area contributed by atoms with Crippen LogP contribution in [0.3, 0.4) is 0 Å². The highest BCUT2D eigenvalue weighted by molar-refractivity contribution is 7.92. The van der Waals surface area contributed by atoms with Crippen LogP contribution in [0.15, 0.2) is 53.4 Å². The maximum absolute atomic E-state index is 12.5. The van der Waals surface area contributed by atoms with Crippen molar-refractivity contribution in [2.45, 2.75) is 11.3 Å². The molecule has 1 saturated heterocycles. The Bertz CT molecular complexity index is 1050. The van der Waals surface area contributed by atoms with E-state index in [9.17, 15) is 28.1 Å². The Morgan fingerprint density at radius 2 is 1.89 bits per heavy atom. The fraction of sp³-hybridized carbons (Fsp3) is 0.176. The third-order valence-corrected chi connectivity index (χ3v) is 5.64. The summed E-state index contributed by atoms with van der Waals surface area (Å²) in [5, 5.41) is 19.8. The van der Waals surface area contributed by atoms with Crippen LogP contribution in [-0.2, 0) is 19.6 Å². The van der Waals surface area contributed by atoms with Gasteiger partial charge in [0.2, 0.25) is 5.91 Å². The molecule has 28 heavy (non-hydrogen) atoms. The molecule has 0 unspecified atom stereocenters. The van der Waals surface area contributed by atoms with Gasteiger partial charge in [-0.3, -0.25) is 24.4 Å². The minimum atomic E-state index is -4.00. The Morgan fingerprint density at radius 3 is 2.46 bits per heavy atom. The highest BCUT2D eigenvalue weighted by Crippen LogP contribution is 2.27. The van der Waals surface area contributed by atoms with Crippen molar-refractivity contribution in [2.24, 2.45) is 5.92 Å². The lowest BCUT2D eigenvalue weighted by atomic mass is 10.1. The summed E-state index contributed by atoms with van der Waals surface area (Å²) in [5.41, 5.74) is 0.177. The van der Waals surface area contributed by atoms with E-state index in [1.165, 1.54) is 47.4 Å². The zero-order chi connectivity index (χ0) is 20.5. The highest BCUT2D eigenvalue weighted by Gasteiger charge is 2.35. The van der Waals surface area contributed by atoms with Gasteiger partial charge in [-0.15, -0.1) is 0 Å². The number of carbonyl (C=O) groups is 2. The molecule has 1 heterocycles. The Morgan fingerprint density at radius 1 is 1.21 bits per heavy atom. The maximum Gasteiger partial charge on any atom is 0.308 e. The number of carboxylic acid groups (broad SMARTS) is 1. The van der Waals surface area contributed by atoms with Crippen molar-refractivity contribution in [3.05, 3.63) is 58.6 Å². The van der Waals surface area contributed by atoms with Crippen molar-refractivity contribution in [3.8, 4) is 0 Å². The second-order valence-electron chi connectivity index (χ2n) is 6.15. The molecule has 3 rings (SSSR count). The molecule has 1 fully saturated rings. The number of carbonyl (C=O) groups excluding carboxylic acids is 1. The predicted molar refractivity (Wildman–Crippen MR) is 98.4 cm³/mol. The summed E-state index contributed by atoms with van der Waals surface area (Å²) >= 11 is 0. The normalized spacial score (nSPS) is 16.8. The number of sulfonamides is 1. The number of nitro benzene ring substituents is 1. The molecule has 1 aliphatic heterocycles. The van der Waals surface area contributed by atoms with Crippen LogP contribution in [0.1, 0.15) is 6.42 Å². The van der Waals surface area contributed by atoms with E-state index in [1.54, 1.807) is 0 Å². The van der Waals surface area contributed by atoms with Crippen LogP contribution < -0.4 is 9.62 Å². The molecule has 146 valence electrons. The van der Waals surface area contributed by atoms with Crippen LogP contribution in [0.4, 0.5) is 17.1 Å². The smallest absolute Gasteiger partial charge is 0.308 e. The molecular formula is C17H15N3O7S. The van der Waals surface area contributed by atoms with Crippen LogP contribution in [0.5, 0.6) is 0 Å². The molecule has 1 amide bonds. The van der Waals surface area contributed by atoms with Crippen molar-refractivity contribution >= 4 is 39.0 Å². The van der Waals surface area contributed by atoms with Gasteiger partial charge in [0.25, 0.3) is 15.7 Å². The summed E-state index contributed by atoms with van der Waals surface area (Å²) in [6.45, 7) is 0.0200. The molecule has 0 aromatic heterocycles. The van der Waals surface area contributed by atoms with Crippen LogP contribution >= 0.6 is 0 Å². The molecule has 10 nitrogen and oxygen atoms in total. The Kier molecular flexibility index (Phi) is 5.01. The fourth-order valence-corrected chi connectivity index (χ4v) is 3.87. The molecule has 0 bridgehead atoms. The van der Waals surface area contributed by atoms with E-state index < -0.39 is 26.8 Å². The van der Waals surface area contributed by atoms with E-state index >= 15 is 0 Å². The third kappa shape index (κ3) is 3.93. The van der Waals surface area contributed by atoms with Gasteiger partial charge < -0.3 is 10.0 Å². The molecular weight excluding hydrogens is 390 g/mol. The Balaban J connectivity index is 1.79. The molecule has 0 spiro atoms. The number of non-ortho nitro benzene ring substituents is 1. The quantitative estimate of drug-likeness (QED) is 0.550. The van der Waals surface area contributed by atoms with E-state index in [4.69, 9.17) is 5.11 Å².